The standard InChI is InChI=1S/C18H14ClNO3S/c19-16-12-3-1-2-4-15(12)24-17(16)18(21)20-10-11-5-6-13-14(9-11)23-8-7-22-13/h1-6,9H,7-8,10H2,(H,20,21). The first-order valence-electron chi connectivity index (χ1n) is 7.56. The van der Waals surface area contributed by atoms with Gasteiger partial charge in [0.05, 0.1) is 5.02 Å². The molecular formula is C18H14ClNO3S. The molecule has 0 bridgehead atoms. The molecule has 1 N–H and O–H groups in total. The molecule has 4 nitrogen and oxygen atoms in total. The van der Waals surface area contributed by atoms with E-state index in [0.717, 1.165) is 21.4 Å². The van der Waals surface area contributed by atoms with Gasteiger partial charge in [-0.25, -0.2) is 0 Å². The van der Waals surface area contributed by atoms with E-state index in [4.69, 9.17) is 21.1 Å². The van der Waals surface area contributed by atoms with Crippen LogP contribution in [0, 0.1) is 0 Å². The minimum atomic E-state index is -0.170. The van der Waals surface area contributed by atoms with Crippen LogP contribution in [0.1, 0.15) is 15.2 Å². The van der Waals surface area contributed by atoms with Crippen molar-refractivity contribution >= 4 is 38.9 Å². The maximum Gasteiger partial charge on any atom is 0.263 e. The Morgan fingerprint density at radius 1 is 1.12 bits per heavy atom. The van der Waals surface area contributed by atoms with Crippen molar-refractivity contribution in [2.24, 2.45) is 0 Å². The fourth-order valence-electron chi connectivity index (χ4n) is 2.62. The average Bonchev–Trinajstić information content (AvgIpc) is 2.97. The van der Waals surface area contributed by atoms with Crippen molar-refractivity contribution < 1.29 is 14.3 Å². The monoisotopic (exact) mass is 359 g/mol. The second-order valence-corrected chi connectivity index (χ2v) is 6.83. The maximum absolute atomic E-state index is 12.5. The molecule has 1 aliphatic rings. The van der Waals surface area contributed by atoms with Crippen LogP contribution in [0.4, 0.5) is 0 Å². The molecule has 1 amide bonds. The summed E-state index contributed by atoms with van der Waals surface area (Å²) in [6, 6.07) is 13.4. The Bertz CT molecular complexity index is 922. The average molecular weight is 360 g/mol. The Labute approximate surface area is 148 Å². The lowest BCUT2D eigenvalue weighted by atomic mass is 10.2. The van der Waals surface area contributed by atoms with Crippen LogP contribution in [0.15, 0.2) is 42.5 Å². The Kier molecular flexibility index (Phi) is 4.04. The van der Waals surface area contributed by atoms with Crippen LogP contribution in [0.3, 0.4) is 0 Å². The van der Waals surface area contributed by atoms with Gasteiger partial charge in [0.15, 0.2) is 11.5 Å². The van der Waals surface area contributed by atoms with Crippen LogP contribution in [0.5, 0.6) is 11.5 Å². The molecular weight excluding hydrogens is 346 g/mol. The van der Waals surface area contributed by atoms with Crippen molar-refractivity contribution in [3.05, 3.63) is 57.9 Å². The number of nitrogens with one attached hydrogen (secondary N) is 1. The van der Waals surface area contributed by atoms with E-state index < -0.39 is 0 Å². The van der Waals surface area contributed by atoms with Crippen LogP contribution in [0.2, 0.25) is 5.02 Å². The van der Waals surface area contributed by atoms with Gasteiger partial charge < -0.3 is 14.8 Å². The summed E-state index contributed by atoms with van der Waals surface area (Å²) in [5.74, 6) is 1.29. The van der Waals surface area contributed by atoms with Gasteiger partial charge in [0.1, 0.15) is 18.1 Å². The first kappa shape index (κ1) is 15.3. The highest BCUT2D eigenvalue weighted by Gasteiger charge is 2.17. The summed E-state index contributed by atoms with van der Waals surface area (Å²) in [5, 5.41) is 4.33. The highest BCUT2D eigenvalue weighted by molar-refractivity contribution is 7.21. The number of benzene rings is 2. The van der Waals surface area contributed by atoms with E-state index >= 15 is 0 Å². The number of ether oxygens (including phenoxy) is 2. The van der Waals surface area contributed by atoms with E-state index in [2.05, 4.69) is 5.32 Å². The van der Waals surface area contributed by atoms with E-state index in [1.54, 1.807) is 0 Å². The van der Waals surface area contributed by atoms with Gasteiger partial charge in [-0.2, -0.15) is 0 Å². The van der Waals surface area contributed by atoms with E-state index in [1.807, 2.05) is 42.5 Å². The van der Waals surface area contributed by atoms with E-state index in [-0.39, 0.29) is 5.91 Å². The molecule has 0 atom stereocenters. The first-order chi connectivity index (χ1) is 11.7. The molecule has 0 saturated carbocycles. The van der Waals surface area contributed by atoms with Gasteiger partial charge in [-0.3, -0.25) is 4.79 Å². The molecule has 1 aliphatic heterocycles. The number of carbonyl (C=O) groups is 1. The normalized spacial score (nSPS) is 13.0. The first-order valence-corrected chi connectivity index (χ1v) is 8.75. The number of amides is 1. The number of halogens is 1. The molecule has 24 heavy (non-hydrogen) atoms. The van der Waals surface area contributed by atoms with Crippen molar-refractivity contribution in [1.82, 2.24) is 5.32 Å². The molecule has 4 rings (SSSR count). The molecule has 0 unspecified atom stereocenters. The summed E-state index contributed by atoms with van der Waals surface area (Å²) in [7, 11) is 0. The molecule has 0 saturated heterocycles. The fourth-order valence-corrected chi connectivity index (χ4v) is 4.05. The largest absolute Gasteiger partial charge is 0.486 e. The third kappa shape index (κ3) is 2.81. The van der Waals surface area contributed by atoms with Crippen molar-refractivity contribution in [1.29, 1.82) is 0 Å². The lowest BCUT2D eigenvalue weighted by molar-refractivity contribution is 0.0955. The Hall–Kier alpha value is -2.24. The number of hydrogen-bond donors (Lipinski definition) is 1. The van der Waals surface area contributed by atoms with E-state index in [9.17, 15) is 4.79 Å². The number of hydrogen-bond acceptors (Lipinski definition) is 4. The van der Waals surface area contributed by atoms with Gasteiger partial charge in [0.2, 0.25) is 0 Å². The van der Waals surface area contributed by atoms with Gasteiger partial charge >= 0.3 is 0 Å². The highest BCUT2D eigenvalue weighted by Crippen LogP contribution is 2.35. The minimum absolute atomic E-state index is 0.170. The molecule has 2 aromatic carbocycles. The third-order valence-electron chi connectivity index (χ3n) is 3.80. The Morgan fingerprint density at radius 2 is 1.92 bits per heavy atom. The summed E-state index contributed by atoms with van der Waals surface area (Å²) < 4.78 is 12.1. The van der Waals surface area contributed by atoms with E-state index in [0.29, 0.717) is 35.4 Å². The van der Waals surface area contributed by atoms with Gasteiger partial charge in [-0.1, -0.05) is 35.9 Å². The van der Waals surface area contributed by atoms with Crippen LogP contribution in [0.25, 0.3) is 10.1 Å². The summed E-state index contributed by atoms with van der Waals surface area (Å²) in [6.07, 6.45) is 0. The third-order valence-corrected chi connectivity index (χ3v) is 5.47. The number of fused-ring (bicyclic) bond motifs is 2. The van der Waals surface area contributed by atoms with Gasteiger partial charge in [0, 0.05) is 16.6 Å². The highest BCUT2D eigenvalue weighted by atomic mass is 35.5. The fraction of sp³-hybridized carbons (Fsp3) is 0.167. The van der Waals surface area contributed by atoms with E-state index in [1.165, 1.54) is 11.3 Å². The molecule has 0 aliphatic carbocycles. The second kappa shape index (κ2) is 6.34. The smallest absolute Gasteiger partial charge is 0.263 e. The number of thiophene rings is 1. The predicted octanol–water partition coefficient (Wildman–Crippen LogP) is 4.26. The Balaban J connectivity index is 1.51. The second-order valence-electron chi connectivity index (χ2n) is 5.40. The number of carbonyl (C=O) groups excluding carboxylic acids is 1. The van der Waals surface area contributed by atoms with Crippen molar-refractivity contribution in [2.45, 2.75) is 6.54 Å². The summed E-state index contributed by atoms with van der Waals surface area (Å²) in [5.41, 5.74) is 0.949. The molecule has 6 heteroatoms. The van der Waals surface area contributed by atoms with Crippen molar-refractivity contribution in [3.8, 4) is 11.5 Å². The summed E-state index contributed by atoms with van der Waals surface area (Å²) in [4.78, 5) is 13.0. The SMILES string of the molecule is O=C(NCc1ccc2c(c1)OCCO2)c1sc2ccccc2c1Cl. The van der Waals surface area contributed by atoms with Gasteiger partial charge in [-0.15, -0.1) is 11.3 Å². The molecule has 0 fully saturated rings. The lowest BCUT2D eigenvalue weighted by Crippen LogP contribution is -2.22. The van der Waals surface area contributed by atoms with Crippen LogP contribution >= 0.6 is 22.9 Å². The zero-order chi connectivity index (χ0) is 16.5. The molecule has 0 radical (unpaired) electrons. The van der Waals surface area contributed by atoms with Gasteiger partial charge in [0.25, 0.3) is 5.91 Å². The van der Waals surface area contributed by atoms with Gasteiger partial charge in [-0.05, 0) is 23.8 Å². The molecule has 3 aromatic rings. The molecule has 2 heterocycles. The predicted molar refractivity (Wildman–Crippen MR) is 95.4 cm³/mol. The summed E-state index contributed by atoms with van der Waals surface area (Å²) in [6.45, 7) is 1.51. The summed E-state index contributed by atoms with van der Waals surface area (Å²) >= 11 is 7.74. The van der Waals surface area contributed by atoms with Crippen molar-refractivity contribution in [3.63, 3.8) is 0 Å². The van der Waals surface area contributed by atoms with Crippen LogP contribution < -0.4 is 14.8 Å². The number of rotatable bonds is 3. The zero-order valence-electron chi connectivity index (χ0n) is 12.7. The molecule has 122 valence electrons. The molecule has 1 aromatic heterocycles. The van der Waals surface area contributed by atoms with Crippen LogP contribution in [-0.4, -0.2) is 19.1 Å². The molecule has 0 spiro atoms. The minimum Gasteiger partial charge on any atom is -0.486 e. The lowest BCUT2D eigenvalue weighted by Gasteiger charge is -2.18. The quantitative estimate of drug-likeness (QED) is 0.760. The van der Waals surface area contributed by atoms with Crippen molar-refractivity contribution in [2.75, 3.05) is 13.2 Å². The topological polar surface area (TPSA) is 47.6 Å². The van der Waals surface area contributed by atoms with Crippen LogP contribution in [-0.2, 0) is 6.54 Å². The maximum atomic E-state index is 12.5. The Morgan fingerprint density at radius 3 is 2.75 bits per heavy atom. The zero-order valence-corrected chi connectivity index (χ0v) is 14.2.